The maximum atomic E-state index is 11.7. The standard InChI is InChI=1S/C9H17N3O5S/c1-9(8(10)14)6-12(3-4-17-9)7(13)5-11-18(2,15)16/h11H,3-6H2,1-2H3,(H2,10,14). The van der Waals surface area contributed by atoms with Gasteiger partial charge >= 0.3 is 0 Å². The minimum atomic E-state index is -3.42. The molecule has 0 bridgehead atoms. The lowest BCUT2D eigenvalue weighted by molar-refractivity contribution is -0.159. The molecule has 0 radical (unpaired) electrons. The Labute approximate surface area is 105 Å². The molecule has 0 saturated carbocycles. The summed E-state index contributed by atoms with van der Waals surface area (Å²) in [5.41, 5.74) is 3.97. The Kier molecular flexibility index (Phi) is 4.30. The summed E-state index contributed by atoms with van der Waals surface area (Å²) in [5.74, 6) is -1.08. The molecule has 0 spiro atoms. The lowest BCUT2D eigenvalue weighted by atomic mass is 10.0. The summed E-state index contributed by atoms with van der Waals surface area (Å²) in [6, 6.07) is 0. The molecule has 2 amide bonds. The van der Waals surface area contributed by atoms with Crippen LogP contribution in [0.15, 0.2) is 0 Å². The molecule has 1 aliphatic heterocycles. The number of hydrogen-bond acceptors (Lipinski definition) is 5. The zero-order chi connectivity index (χ0) is 14.0. The van der Waals surface area contributed by atoms with Crippen molar-refractivity contribution in [3.05, 3.63) is 0 Å². The molecular weight excluding hydrogens is 262 g/mol. The third kappa shape index (κ3) is 3.93. The lowest BCUT2D eigenvalue weighted by Crippen LogP contribution is -2.59. The Morgan fingerprint density at radius 2 is 2.11 bits per heavy atom. The van der Waals surface area contributed by atoms with E-state index in [9.17, 15) is 18.0 Å². The van der Waals surface area contributed by atoms with E-state index in [4.69, 9.17) is 10.5 Å². The second-order valence-corrected chi connectivity index (χ2v) is 6.19. The monoisotopic (exact) mass is 279 g/mol. The second kappa shape index (κ2) is 5.21. The summed E-state index contributed by atoms with van der Waals surface area (Å²) in [5, 5.41) is 0. The molecule has 0 aromatic heterocycles. The second-order valence-electron chi connectivity index (χ2n) is 4.35. The molecule has 1 unspecified atom stereocenters. The van der Waals surface area contributed by atoms with Crippen LogP contribution in [0.5, 0.6) is 0 Å². The number of nitrogens with two attached hydrogens (primary N) is 1. The molecule has 8 nitrogen and oxygen atoms in total. The number of carbonyl (C=O) groups is 2. The fourth-order valence-corrected chi connectivity index (χ4v) is 1.92. The number of amides is 2. The zero-order valence-corrected chi connectivity index (χ0v) is 11.1. The largest absolute Gasteiger partial charge is 0.367 e. The van der Waals surface area contributed by atoms with Gasteiger partial charge in [-0.2, -0.15) is 0 Å². The molecule has 18 heavy (non-hydrogen) atoms. The van der Waals surface area contributed by atoms with Crippen LogP contribution in [-0.4, -0.2) is 63.2 Å². The van der Waals surface area contributed by atoms with E-state index < -0.39 is 27.4 Å². The Balaban J connectivity index is 2.62. The Morgan fingerprint density at radius 3 is 2.61 bits per heavy atom. The summed E-state index contributed by atoms with van der Waals surface area (Å²) in [7, 11) is -3.42. The third-order valence-electron chi connectivity index (χ3n) is 2.63. The van der Waals surface area contributed by atoms with Crippen molar-refractivity contribution >= 4 is 21.8 Å². The van der Waals surface area contributed by atoms with Gasteiger partial charge in [0.15, 0.2) is 5.60 Å². The average Bonchev–Trinajstić information content (AvgIpc) is 2.24. The first-order valence-corrected chi connectivity index (χ1v) is 7.19. The quantitative estimate of drug-likeness (QED) is 0.596. The minimum Gasteiger partial charge on any atom is -0.367 e. The topological polar surface area (TPSA) is 119 Å². The molecule has 1 fully saturated rings. The van der Waals surface area contributed by atoms with Crippen LogP contribution in [0.2, 0.25) is 0 Å². The fraction of sp³-hybridized carbons (Fsp3) is 0.778. The molecule has 104 valence electrons. The van der Waals surface area contributed by atoms with E-state index in [1.165, 1.54) is 11.8 Å². The first kappa shape index (κ1) is 14.9. The van der Waals surface area contributed by atoms with E-state index in [-0.39, 0.29) is 19.7 Å². The molecular formula is C9H17N3O5S. The summed E-state index contributed by atoms with van der Waals surface area (Å²) >= 11 is 0. The van der Waals surface area contributed by atoms with Crippen LogP contribution >= 0.6 is 0 Å². The number of primary amides is 1. The van der Waals surface area contributed by atoms with E-state index in [2.05, 4.69) is 4.72 Å². The van der Waals surface area contributed by atoms with Gasteiger partial charge in [0.25, 0.3) is 5.91 Å². The number of ether oxygens (including phenoxy) is 1. The van der Waals surface area contributed by atoms with Crippen molar-refractivity contribution in [3.63, 3.8) is 0 Å². The normalized spacial score (nSPS) is 24.9. The Bertz CT molecular complexity index is 449. The van der Waals surface area contributed by atoms with Crippen molar-refractivity contribution in [1.29, 1.82) is 0 Å². The van der Waals surface area contributed by atoms with Gasteiger partial charge in [0.05, 0.1) is 26.0 Å². The van der Waals surface area contributed by atoms with Gasteiger partial charge in [-0.15, -0.1) is 0 Å². The van der Waals surface area contributed by atoms with Crippen LogP contribution in [0.25, 0.3) is 0 Å². The lowest BCUT2D eigenvalue weighted by Gasteiger charge is -2.38. The Morgan fingerprint density at radius 1 is 1.50 bits per heavy atom. The SMILES string of the molecule is CC1(C(N)=O)CN(C(=O)CNS(C)(=O)=O)CCO1. The fourth-order valence-electron chi connectivity index (χ4n) is 1.54. The Hall–Kier alpha value is -1.19. The highest BCUT2D eigenvalue weighted by Crippen LogP contribution is 2.16. The van der Waals surface area contributed by atoms with Gasteiger partial charge in [-0.3, -0.25) is 9.59 Å². The van der Waals surface area contributed by atoms with Crippen molar-refractivity contribution in [2.75, 3.05) is 32.5 Å². The number of rotatable bonds is 4. The molecule has 0 aromatic rings. The van der Waals surface area contributed by atoms with E-state index in [0.717, 1.165) is 6.26 Å². The van der Waals surface area contributed by atoms with Gasteiger partial charge in [0.1, 0.15) is 0 Å². The summed E-state index contributed by atoms with van der Waals surface area (Å²) in [4.78, 5) is 24.3. The van der Waals surface area contributed by atoms with Gasteiger partial charge < -0.3 is 15.4 Å². The molecule has 9 heteroatoms. The first-order valence-electron chi connectivity index (χ1n) is 5.30. The summed E-state index contributed by atoms with van der Waals surface area (Å²) in [6.45, 7) is 1.66. The van der Waals surface area contributed by atoms with Crippen LogP contribution in [0.1, 0.15) is 6.92 Å². The van der Waals surface area contributed by atoms with Gasteiger partial charge in [-0.25, -0.2) is 13.1 Å². The number of sulfonamides is 1. The number of nitrogens with zero attached hydrogens (tertiary/aromatic N) is 1. The molecule has 0 aromatic carbocycles. The van der Waals surface area contributed by atoms with Crippen molar-refractivity contribution in [2.24, 2.45) is 5.73 Å². The number of morpholine rings is 1. The maximum Gasteiger partial charge on any atom is 0.251 e. The molecule has 0 aliphatic carbocycles. The number of hydrogen-bond donors (Lipinski definition) is 2. The van der Waals surface area contributed by atoms with Gasteiger partial charge in [0.2, 0.25) is 15.9 Å². The van der Waals surface area contributed by atoms with E-state index >= 15 is 0 Å². The molecule has 1 saturated heterocycles. The van der Waals surface area contributed by atoms with Crippen LogP contribution in [-0.2, 0) is 24.3 Å². The van der Waals surface area contributed by atoms with Crippen LogP contribution in [0, 0.1) is 0 Å². The third-order valence-corrected chi connectivity index (χ3v) is 3.30. The smallest absolute Gasteiger partial charge is 0.251 e. The predicted molar refractivity (Wildman–Crippen MR) is 63.0 cm³/mol. The van der Waals surface area contributed by atoms with Gasteiger partial charge in [-0.1, -0.05) is 0 Å². The van der Waals surface area contributed by atoms with Gasteiger partial charge in [-0.05, 0) is 6.92 Å². The van der Waals surface area contributed by atoms with Crippen LogP contribution < -0.4 is 10.5 Å². The number of nitrogens with one attached hydrogen (secondary N) is 1. The average molecular weight is 279 g/mol. The van der Waals surface area contributed by atoms with Crippen molar-refractivity contribution in [2.45, 2.75) is 12.5 Å². The highest BCUT2D eigenvalue weighted by molar-refractivity contribution is 7.88. The number of carbonyl (C=O) groups excluding carboxylic acids is 2. The zero-order valence-electron chi connectivity index (χ0n) is 10.3. The van der Waals surface area contributed by atoms with E-state index in [0.29, 0.717) is 6.54 Å². The molecule has 1 heterocycles. The predicted octanol–water partition coefficient (Wildman–Crippen LogP) is -2.36. The van der Waals surface area contributed by atoms with Crippen molar-refractivity contribution in [3.8, 4) is 0 Å². The molecule has 1 atom stereocenters. The first-order chi connectivity index (χ1) is 8.14. The molecule has 1 rings (SSSR count). The van der Waals surface area contributed by atoms with Crippen LogP contribution in [0.3, 0.4) is 0 Å². The van der Waals surface area contributed by atoms with E-state index in [1.54, 1.807) is 0 Å². The summed E-state index contributed by atoms with van der Waals surface area (Å²) in [6.07, 6.45) is 0.965. The highest BCUT2D eigenvalue weighted by atomic mass is 32.2. The van der Waals surface area contributed by atoms with Gasteiger partial charge in [0, 0.05) is 6.54 Å². The highest BCUT2D eigenvalue weighted by Gasteiger charge is 2.39. The molecule has 1 aliphatic rings. The van der Waals surface area contributed by atoms with E-state index in [1.807, 2.05) is 0 Å². The van der Waals surface area contributed by atoms with Crippen LogP contribution in [0.4, 0.5) is 0 Å². The van der Waals surface area contributed by atoms with Crippen molar-refractivity contribution < 1.29 is 22.7 Å². The molecule has 3 N–H and O–H groups in total. The minimum absolute atomic E-state index is 0.0204. The summed E-state index contributed by atoms with van der Waals surface area (Å²) < 4.78 is 29.1. The van der Waals surface area contributed by atoms with Crippen molar-refractivity contribution in [1.82, 2.24) is 9.62 Å². The maximum absolute atomic E-state index is 11.7.